The fraction of sp³-hybridized carbons (Fsp3) is 0.538. The number of sulfonamides is 1. The molecule has 3 N–H and O–H groups in total. The Morgan fingerprint density at radius 1 is 1.22 bits per heavy atom. The molecule has 0 saturated heterocycles. The van der Waals surface area contributed by atoms with Gasteiger partial charge in [0.15, 0.2) is 0 Å². The van der Waals surface area contributed by atoms with Crippen LogP contribution in [0, 0.1) is 5.92 Å². The molecule has 1 aromatic carbocycles. The lowest BCUT2D eigenvalue weighted by Gasteiger charge is -2.06. The number of hydrogen-bond acceptors (Lipinski definition) is 3. The lowest BCUT2D eigenvalue weighted by Crippen LogP contribution is -2.28. The van der Waals surface area contributed by atoms with E-state index in [0.29, 0.717) is 18.9 Å². The van der Waals surface area contributed by atoms with E-state index in [1.54, 1.807) is 0 Å². The van der Waals surface area contributed by atoms with Crippen LogP contribution in [0.2, 0.25) is 0 Å². The number of nitrogens with two attached hydrogens (primary N) is 1. The molecule has 1 saturated carbocycles. The highest BCUT2D eigenvalue weighted by atomic mass is 32.2. The molecule has 100 valence electrons. The number of rotatable bonds is 7. The maximum absolute atomic E-state index is 11.7. The summed E-state index contributed by atoms with van der Waals surface area (Å²) in [4.78, 5) is 0. The Hall–Kier alpha value is -1.07. The second-order valence-electron chi connectivity index (χ2n) is 4.94. The molecule has 1 aliphatic carbocycles. The summed E-state index contributed by atoms with van der Waals surface area (Å²) in [6, 6.07) is 7.51. The molecular formula is C13H20N2O2S. The number of nitrogen functional groups attached to an aromatic ring is 1. The summed E-state index contributed by atoms with van der Waals surface area (Å²) in [7, 11) is -3.09. The molecular weight excluding hydrogens is 248 g/mol. The maximum Gasteiger partial charge on any atom is 0.211 e. The molecule has 4 nitrogen and oxygen atoms in total. The van der Waals surface area contributed by atoms with Gasteiger partial charge < -0.3 is 5.73 Å². The van der Waals surface area contributed by atoms with Crippen molar-refractivity contribution in [3.05, 3.63) is 29.8 Å². The van der Waals surface area contributed by atoms with Crippen molar-refractivity contribution >= 4 is 15.7 Å². The molecule has 0 spiro atoms. The lowest BCUT2D eigenvalue weighted by atomic mass is 10.1. The van der Waals surface area contributed by atoms with Crippen LogP contribution in [0.1, 0.15) is 24.8 Å². The van der Waals surface area contributed by atoms with Gasteiger partial charge >= 0.3 is 0 Å². The third-order valence-electron chi connectivity index (χ3n) is 3.21. The van der Waals surface area contributed by atoms with Crippen molar-refractivity contribution in [2.45, 2.75) is 25.7 Å². The van der Waals surface area contributed by atoms with Crippen LogP contribution < -0.4 is 10.5 Å². The molecule has 0 amide bonds. The summed E-state index contributed by atoms with van der Waals surface area (Å²) in [5.74, 6) is 0.915. The van der Waals surface area contributed by atoms with E-state index in [4.69, 9.17) is 5.73 Å². The first-order valence-electron chi connectivity index (χ1n) is 6.37. The Balaban J connectivity index is 1.71. The SMILES string of the molecule is Nc1ccc(CCNS(=O)(=O)CCC2CC2)cc1. The highest BCUT2D eigenvalue weighted by molar-refractivity contribution is 7.89. The van der Waals surface area contributed by atoms with Crippen molar-refractivity contribution in [3.8, 4) is 0 Å². The summed E-state index contributed by atoms with van der Waals surface area (Å²) in [6.45, 7) is 0.455. The van der Waals surface area contributed by atoms with Gasteiger partial charge in [0.05, 0.1) is 5.75 Å². The fourth-order valence-electron chi connectivity index (χ4n) is 1.84. The van der Waals surface area contributed by atoms with E-state index in [0.717, 1.165) is 17.7 Å². The van der Waals surface area contributed by atoms with Crippen LogP contribution >= 0.6 is 0 Å². The van der Waals surface area contributed by atoms with Crippen LogP contribution in [0.5, 0.6) is 0 Å². The average molecular weight is 268 g/mol. The van der Waals surface area contributed by atoms with Crippen molar-refractivity contribution < 1.29 is 8.42 Å². The Bertz CT molecular complexity index is 478. The van der Waals surface area contributed by atoms with Gasteiger partial charge in [0.25, 0.3) is 0 Å². The molecule has 0 radical (unpaired) electrons. The van der Waals surface area contributed by atoms with Crippen LogP contribution in [0.25, 0.3) is 0 Å². The third kappa shape index (κ3) is 4.66. The van der Waals surface area contributed by atoms with Crippen molar-refractivity contribution in [1.82, 2.24) is 4.72 Å². The van der Waals surface area contributed by atoms with E-state index in [-0.39, 0.29) is 5.75 Å². The molecule has 0 bridgehead atoms. The van der Waals surface area contributed by atoms with Crippen molar-refractivity contribution in [2.24, 2.45) is 5.92 Å². The molecule has 0 heterocycles. The summed E-state index contributed by atoms with van der Waals surface area (Å²) >= 11 is 0. The summed E-state index contributed by atoms with van der Waals surface area (Å²) in [6.07, 6.45) is 3.89. The molecule has 0 unspecified atom stereocenters. The largest absolute Gasteiger partial charge is 0.399 e. The summed E-state index contributed by atoms with van der Waals surface area (Å²) in [5, 5.41) is 0. The zero-order chi connectivity index (χ0) is 13.0. The topological polar surface area (TPSA) is 72.2 Å². The number of anilines is 1. The van der Waals surface area contributed by atoms with E-state index in [9.17, 15) is 8.42 Å². The Labute approximate surface area is 109 Å². The van der Waals surface area contributed by atoms with Crippen LogP contribution in [0.15, 0.2) is 24.3 Å². The molecule has 1 fully saturated rings. The fourth-order valence-corrected chi connectivity index (χ4v) is 3.04. The molecule has 0 aromatic heterocycles. The predicted molar refractivity (Wildman–Crippen MR) is 73.7 cm³/mol. The van der Waals surface area contributed by atoms with Crippen molar-refractivity contribution in [1.29, 1.82) is 0 Å². The first kappa shape index (κ1) is 13.4. The van der Waals surface area contributed by atoms with E-state index < -0.39 is 10.0 Å². The summed E-state index contributed by atoms with van der Waals surface area (Å²) in [5.41, 5.74) is 7.40. The van der Waals surface area contributed by atoms with E-state index >= 15 is 0 Å². The van der Waals surface area contributed by atoms with Gasteiger partial charge in [0.2, 0.25) is 10.0 Å². The number of benzene rings is 1. The molecule has 18 heavy (non-hydrogen) atoms. The van der Waals surface area contributed by atoms with Gasteiger partial charge in [-0.2, -0.15) is 0 Å². The Morgan fingerprint density at radius 2 is 1.89 bits per heavy atom. The molecule has 0 atom stereocenters. The first-order valence-corrected chi connectivity index (χ1v) is 8.02. The minimum Gasteiger partial charge on any atom is -0.399 e. The quantitative estimate of drug-likeness (QED) is 0.737. The number of hydrogen-bond donors (Lipinski definition) is 2. The standard InChI is InChI=1S/C13H20N2O2S/c14-13-5-3-11(4-6-13)7-9-15-18(16,17)10-8-12-1-2-12/h3-6,12,15H,1-2,7-10,14H2. The predicted octanol–water partition coefficient (Wildman–Crippen LogP) is 1.53. The lowest BCUT2D eigenvalue weighted by molar-refractivity contribution is 0.576. The van der Waals surface area contributed by atoms with Crippen LogP contribution in [0.4, 0.5) is 5.69 Å². The van der Waals surface area contributed by atoms with Crippen molar-refractivity contribution in [2.75, 3.05) is 18.0 Å². The smallest absolute Gasteiger partial charge is 0.211 e. The first-order chi connectivity index (χ1) is 8.55. The van der Waals surface area contributed by atoms with Gasteiger partial charge in [-0.15, -0.1) is 0 Å². The highest BCUT2D eigenvalue weighted by Crippen LogP contribution is 2.32. The molecule has 1 aromatic rings. The Kier molecular flexibility index (Phi) is 4.24. The zero-order valence-electron chi connectivity index (χ0n) is 10.4. The Morgan fingerprint density at radius 3 is 2.50 bits per heavy atom. The minimum atomic E-state index is -3.09. The van der Waals surface area contributed by atoms with Crippen LogP contribution in [0.3, 0.4) is 0 Å². The monoisotopic (exact) mass is 268 g/mol. The molecule has 5 heteroatoms. The van der Waals surface area contributed by atoms with Crippen LogP contribution in [-0.2, 0) is 16.4 Å². The zero-order valence-corrected chi connectivity index (χ0v) is 11.2. The average Bonchev–Trinajstić information content (AvgIpc) is 3.13. The van der Waals surface area contributed by atoms with Crippen molar-refractivity contribution in [3.63, 3.8) is 0 Å². The molecule has 0 aliphatic heterocycles. The van der Waals surface area contributed by atoms with E-state index in [2.05, 4.69) is 4.72 Å². The van der Waals surface area contributed by atoms with E-state index in [1.807, 2.05) is 24.3 Å². The molecule has 1 aliphatic rings. The van der Waals surface area contributed by atoms with Gasteiger partial charge in [-0.1, -0.05) is 25.0 Å². The normalized spacial score (nSPS) is 15.8. The van der Waals surface area contributed by atoms with Gasteiger partial charge in [0.1, 0.15) is 0 Å². The third-order valence-corrected chi connectivity index (χ3v) is 4.62. The summed E-state index contributed by atoms with van der Waals surface area (Å²) < 4.78 is 26.0. The van der Waals surface area contributed by atoms with Crippen LogP contribution in [-0.4, -0.2) is 20.7 Å². The van der Waals surface area contributed by atoms with Gasteiger partial charge in [0, 0.05) is 12.2 Å². The van der Waals surface area contributed by atoms with E-state index in [1.165, 1.54) is 12.8 Å². The van der Waals surface area contributed by atoms with Gasteiger partial charge in [-0.05, 0) is 36.5 Å². The highest BCUT2D eigenvalue weighted by Gasteiger charge is 2.23. The minimum absolute atomic E-state index is 0.263. The van der Waals surface area contributed by atoms with Gasteiger partial charge in [-0.25, -0.2) is 13.1 Å². The second kappa shape index (κ2) is 5.71. The van der Waals surface area contributed by atoms with Gasteiger partial charge in [-0.3, -0.25) is 0 Å². The number of nitrogens with one attached hydrogen (secondary N) is 1. The molecule has 2 rings (SSSR count). The maximum atomic E-state index is 11.7. The second-order valence-corrected chi connectivity index (χ2v) is 6.86.